The van der Waals surface area contributed by atoms with Gasteiger partial charge in [-0.1, -0.05) is 183 Å². The van der Waals surface area contributed by atoms with Crippen molar-refractivity contribution in [3.8, 4) is 0 Å². The second kappa shape index (κ2) is 44.1. The predicted molar refractivity (Wildman–Crippen MR) is 238 cm³/mol. The number of phosphoric acid groups is 1. The molecular weight excluding hydrogens is 721 g/mol. The maximum atomic E-state index is 12.6. The first kappa shape index (κ1) is 53.9. The number of esters is 1. The molecule has 0 rings (SSSR count). The van der Waals surface area contributed by atoms with Crippen molar-refractivity contribution in [3.05, 3.63) is 72.9 Å². The minimum absolute atomic E-state index is 0.0952. The Morgan fingerprint density at radius 2 is 1.00 bits per heavy atom. The highest BCUT2D eigenvalue weighted by atomic mass is 31.2. The lowest BCUT2D eigenvalue weighted by molar-refractivity contribution is -0.154. The number of carbonyl (C=O) groups excluding carboxylic acids is 1. The Bertz CT molecular complexity index is 1080. The second-order valence-electron chi connectivity index (χ2n) is 14.5. The van der Waals surface area contributed by atoms with Gasteiger partial charge in [0.15, 0.2) is 0 Å². The summed E-state index contributed by atoms with van der Waals surface area (Å²) in [5.74, 6) is -0.346. The van der Waals surface area contributed by atoms with Gasteiger partial charge in [0.05, 0.1) is 19.8 Å². The molecule has 9 heteroatoms. The molecule has 0 bridgehead atoms. The van der Waals surface area contributed by atoms with Gasteiger partial charge in [0.25, 0.3) is 0 Å². The number of carbonyl (C=O) groups is 1. The molecule has 0 aliphatic heterocycles. The zero-order valence-corrected chi connectivity index (χ0v) is 36.7. The van der Waals surface area contributed by atoms with Crippen LogP contribution in [0, 0.1) is 0 Å². The molecule has 0 aliphatic rings. The summed E-state index contributed by atoms with van der Waals surface area (Å²) < 4.78 is 33.4. The van der Waals surface area contributed by atoms with E-state index < -0.39 is 13.9 Å². The van der Waals surface area contributed by atoms with Gasteiger partial charge in [0.2, 0.25) is 0 Å². The van der Waals surface area contributed by atoms with Gasteiger partial charge in [-0.15, -0.1) is 0 Å². The van der Waals surface area contributed by atoms with E-state index in [4.69, 9.17) is 24.3 Å². The highest BCUT2D eigenvalue weighted by molar-refractivity contribution is 7.47. The molecule has 0 amide bonds. The maximum Gasteiger partial charge on any atom is 0.472 e. The average Bonchev–Trinajstić information content (AvgIpc) is 3.19. The van der Waals surface area contributed by atoms with E-state index in [2.05, 4.69) is 86.8 Å². The third-order valence-electron chi connectivity index (χ3n) is 9.14. The van der Waals surface area contributed by atoms with Crippen LogP contribution in [-0.2, 0) is 27.9 Å². The molecule has 0 aromatic carbocycles. The summed E-state index contributed by atoms with van der Waals surface area (Å²) in [5, 5.41) is 0. The van der Waals surface area contributed by atoms with Crippen LogP contribution in [-0.4, -0.2) is 49.9 Å². The van der Waals surface area contributed by atoms with E-state index in [9.17, 15) is 14.3 Å². The zero-order valence-electron chi connectivity index (χ0n) is 35.8. The van der Waals surface area contributed by atoms with Gasteiger partial charge in [-0.25, -0.2) is 4.57 Å². The standard InChI is InChI=1S/C47H84NO7P/c1-3-5-7-9-11-13-15-17-18-19-20-21-22-23-24-25-26-27-28-29-30-32-34-36-38-40-47(49)55-46(45-54-56(50,51)53-43-41-48)44-52-42-39-37-35-33-31-16-14-12-10-8-6-4-2/h5,7,11,13,17-18,20-21,23-24,26-27,46H,3-4,6,8-10,12,14-16,19,22,25,28-45,48H2,1-2H3,(H,50,51)/b7-5-,13-11-,18-17-,21-20-,24-23-,27-26-. The van der Waals surface area contributed by atoms with Gasteiger partial charge >= 0.3 is 13.8 Å². The van der Waals surface area contributed by atoms with Crippen molar-refractivity contribution in [2.75, 3.05) is 33.0 Å². The van der Waals surface area contributed by atoms with Gasteiger partial charge in [0.1, 0.15) is 6.10 Å². The molecule has 324 valence electrons. The molecule has 8 nitrogen and oxygen atoms in total. The number of rotatable bonds is 42. The number of phosphoric ester groups is 1. The highest BCUT2D eigenvalue weighted by Gasteiger charge is 2.25. The molecule has 0 radical (unpaired) electrons. The van der Waals surface area contributed by atoms with Crippen LogP contribution in [0.2, 0.25) is 0 Å². The normalized spacial score (nSPS) is 14.1. The topological polar surface area (TPSA) is 117 Å². The lowest BCUT2D eigenvalue weighted by Gasteiger charge is -2.20. The monoisotopic (exact) mass is 806 g/mol. The maximum absolute atomic E-state index is 12.6. The Morgan fingerprint density at radius 1 is 0.554 bits per heavy atom. The molecule has 0 aromatic rings. The fourth-order valence-corrected chi connectivity index (χ4v) is 6.65. The number of hydrogen-bond donors (Lipinski definition) is 2. The first-order valence-corrected chi connectivity index (χ1v) is 23.9. The first-order chi connectivity index (χ1) is 27.4. The van der Waals surface area contributed by atoms with Gasteiger partial charge in [-0.2, -0.15) is 0 Å². The molecule has 0 heterocycles. The van der Waals surface area contributed by atoms with E-state index in [0.717, 1.165) is 83.5 Å². The summed E-state index contributed by atoms with van der Waals surface area (Å²) >= 11 is 0. The molecule has 2 atom stereocenters. The van der Waals surface area contributed by atoms with E-state index in [0.29, 0.717) is 13.0 Å². The molecule has 0 saturated heterocycles. The van der Waals surface area contributed by atoms with Crippen LogP contribution in [0.3, 0.4) is 0 Å². The van der Waals surface area contributed by atoms with E-state index in [-0.39, 0.29) is 32.3 Å². The number of ether oxygens (including phenoxy) is 2. The minimum atomic E-state index is -4.28. The largest absolute Gasteiger partial charge is 0.472 e. The summed E-state index contributed by atoms with van der Waals surface area (Å²) in [5.41, 5.74) is 5.37. The van der Waals surface area contributed by atoms with Crippen molar-refractivity contribution in [3.63, 3.8) is 0 Å². The summed E-state index contributed by atoms with van der Waals surface area (Å²) in [7, 11) is -4.28. The number of unbranched alkanes of at least 4 members (excludes halogenated alkanes) is 17. The quantitative estimate of drug-likeness (QED) is 0.0271. The second-order valence-corrected chi connectivity index (χ2v) is 16.0. The van der Waals surface area contributed by atoms with Crippen LogP contribution < -0.4 is 5.73 Å². The lowest BCUT2D eigenvalue weighted by atomic mass is 10.1. The van der Waals surface area contributed by atoms with Crippen LogP contribution in [0.15, 0.2) is 72.9 Å². The Labute approximate surface area is 344 Å². The Kier molecular flexibility index (Phi) is 42.4. The number of nitrogens with two attached hydrogens (primary N) is 1. The van der Waals surface area contributed by atoms with Crippen LogP contribution in [0.1, 0.15) is 181 Å². The van der Waals surface area contributed by atoms with Gasteiger partial charge in [-0.05, 0) is 64.2 Å². The zero-order chi connectivity index (χ0) is 40.9. The summed E-state index contributed by atoms with van der Waals surface area (Å²) in [6.45, 7) is 4.78. The SMILES string of the molecule is CC/C=C\C/C=C\C/C=C\C/C=C\C/C=C\C/C=C\CCCCCCCCC(=O)OC(COCCCCCCCCCCCCCC)COP(=O)(O)OCCN. The van der Waals surface area contributed by atoms with E-state index in [1.807, 2.05) is 0 Å². The van der Waals surface area contributed by atoms with E-state index in [1.165, 1.54) is 77.0 Å². The van der Waals surface area contributed by atoms with Gasteiger partial charge in [0, 0.05) is 19.6 Å². The molecule has 0 saturated carbocycles. The summed E-state index contributed by atoms with van der Waals surface area (Å²) in [4.78, 5) is 22.5. The van der Waals surface area contributed by atoms with Crippen molar-refractivity contribution in [2.24, 2.45) is 5.73 Å². The molecule has 0 aromatic heterocycles. The van der Waals surface area contributed by atoms with E-state index in [1.54, 1.807) is 0 Å². The first-order valence-electron chi connectivity index (χ1n) is 22.4. The molecular formula is C47H84NO7P. The smallest absolute Gasteiger partial charge is 0.457 e. The number of hydrogen-bond acceptors (Lipinski definition) is 7. The predicted octanol–water partition coefficient (Wildman–Crippen LogP) is 13.5. The Hall–Kier alpha value is -2.06. The van der Waals surface area contributed by atoms with Crippen molar-refractivity contribution >= 4 is 13.8 Å². The molecule has 56 heavy (non-hydrogen) atoms. The minimum Gasteiger partial charge on any atom is -0.457 e. The Balaban J connectivity index is 4.03. The third-order valence-corrected chi connectivity index (χ3v) is 10.1. The van der Waals surface area contributed by atoms with Crippen molar-refractivity contribution in [2.45, 2.75) is 187 Å². The molecule has 0 fully saturated rings. The fourth-order valence-electron chi connectivity index (χ4n) is 5.88. The molecule has 0 spiro atoms. The molecule has 3 N–H and O–H groups in total. The third kappa shape index (κ3) is 43.1. The number of allylic oxidation sites excluding steroid dienone is 12. The molecule has 0 aliphatic carbocycles. The Morgan fingerprint density at radius 3 is 1.50 bits per heavy atom. The average molecular weight is 806 g/mol. The highest BCUT2D eigenvalue weighted by Crippen LogP contribution is 2.43. The van der Waals surface area contributed by atoms with Gasteiger partial charge in [-0.3, -0.25) is 13.8 Å². The van der Waals surface area contributed by atoms with Crippen LogP contribution in [0.5, 0.6) is 0 Å². The van der Waals surface area contributed by atoms with Crippen molar-refractivity contribution < 1.29 is 32.8 Å². The van der Waals surface area contributed by atoms with Crippen LogP contribution in [0.25, 0.3) is 0 Å². The van der Waals surface area contributed by atoms with Crippen molar-refractivity contribution in [1.82, 2.24) is 0 Å². The lowest BCUT2D eigenvalue weighted by Crippen LogP contribution is -2.28. The summed E-state index contributed by atoms with van der Waals surface area (Å²) in [6.07, 6.45) is 54.9. The summed E-state index contributed by atoms with van der Waals surface area (Å²) in [6, 6.07) is 0. The fraction of sp³-hybridized carbons (Fsp3) is 0.723. The van der Waals surface area contributed by atoms with E-state index >= 15 is 0 Å². The van der Waals surface area contributed by atoms with Crippen LogP contribution in [0.4, 0.5) is 0 Å². The van der Waals surface area contributed by atoms with Crippen LogP contribution >= 0.6 is 7.82 Å². The van der Waals surface area contributed by atoms with Crippen molar-refractivity contribution in [1.29, 1.82) is 0 Å². The van der Waals surface area contributed by atoms with Gasteiger partial charge < -0.3 is 20.1 Å². The molecule has 2 unspecified atom stereocenters.